The molecule has 10 heteroatoms. The van der Waals surface area contributed by atoms with Gasteiger partial charge in [0.15, 0.2) is 0 Å². The van der Waals surface area contributed by atoms with Crippen molar-refractivity contribution < 1.29 is 33.8 Å². The number of methoxy groups -OCH3 is 1. The molecule has 0 aliphatic carbocycles. The fourth-order valence-electron chi connectivity index (χ4n) is 4.24. The first-order valence-corrected chi connectivity index (χ1v) is 10.8. The van der Waals surface area contributed by atoms with E-state index >= 15 is 0 Å². The largest absolute Gasteiger partial charge is 0.467 e. The molecule has 2 rings (SSSR count). The van der Waals surface area contributed by atoms with Crippen LogP contribution in [0.3, 0.4) is 0 Å². The molecule has 0 aromatic carbocycles. The molecule has 0 spiro atoms. The highest BCUT2D eigenvalue weighted by atomic mass is 16.6. The van der Waals surface area contributed by atoms with Gasteiger partial charge >= 0.3 is 12.1 Å². The third-order valence-corrected chi connectivity index (χ3v) is 5.79. The van der Waals surface area contributed by atoms with E-state index in [2.05, 4.69) is 10.6 Å². The van der Waals surface area contributed by atoms with Crippen LogP contribution in [0.2, 0.25) is 0 Å². The van der Waals surface area contributed by atoms with Gasteiger partial charge in [-0.1, -0.05) is 6.92 Å². The van der Waals surface area contributed by atoms with Gasteiger partial charge in [0.25, 0.3) is 0 Å². The Kier molecular flexibility index (Phi) is 8.27. The monoisotopic (exact) mass is 441 g/mol. The summed E-state index contributed by atoms with van der Waals surface area (Å²) in [4.78, 5) is 52.0. The number of ether oxygens (including phenoxy) is 2. The molecule has 31 heavy (non-hydrogen) atoms. The second kappa shape index (κ2) is 10.3. The molecule has 176 valence electrons. The Bertz CT molecular complexity index is 691. The van der Waals surface area contributed by atoms with E-state index in [1.807, 2.05) is 0 Å². The summed E-state index contributed by atoms with van der Waals surface area (Å²) in [7, 11) is 1.28. The number of hydrogen-bond acceptors (Lipinski definition) is 7. The number of nitrogens with zero attached hydrogens (tertiary/aromatic N) is 1. The molecular formula is C21H35N3O7. The zero-order chi connectivity index (χ0) is 23.3. The molecule has 2 aliphatic heterocycles. The number of esters is 1. The summed E-state index contributed by atoms with van der Waals surface area (Å²) in [5, 5.41) is 15.1. The maximum absolute atomic E-state index is 13.4. The standard InChI is InChI=1S/C21H35N3O7/c1-6-14(22-20(29)31-21(2,3)4)17(26)23-16-12(11-25)7-8-13-9-10-15(19(28)30-5)24(13)18(16)27/h12-16,25H,6-11H2,1-5H3,(H,22,29)(H,23,26)/t12-,13+,14+,15+,16+/m1/s1. The molecule has 2 fully saturated rings. The van der Waals surface area contributed by atoms with Crippen molar-refractivity contribution in [2.24, 2.45) is 5.92 Å². The highest BCUT2D eigenvalue weighted by Crippen LogP contribution is 2.34. The number of carbonyl (C=O) groups is 4. The van der Waals surface area contributed by atoms with Gasteiger partial charge < -0.3 is 30.1 Å². The highest BCUT2D eigenvalue weighted by Gasteiger charge is 2.48. The molecule has 10 nitrogen and oxygen atoms in total. The zero-order valence-corrected chi connectivity index (χ0v) is 19.0. The van der Waals surface area contributed by atoms with Crippen LogP contribution in [0.4, 0.5) is 4.79 Å². The van der Waals surface area contributed by atoms with Crippen LogP contribution in [-0.2, 0) is 23.9 Å². The normalized spacial score (nSPS) is 27.0. The lowest BCUT2D eigenvalue weighted by molar-refractivity contribution is -0.153. The minimum absolute atomic E-state index is 0.130. The first-order chi connectivity index (χ1) is 14.5. The van der Waals surface area contributed by atoms with Crippen LogP contribution in [0.25, 0.3) is 0 Å². The van der Waals surface area contributed by atoms with Gasteiger partial charge in [0, 0.05) is 18.6 Å². The minimum Gasteiger partial charge on any atom is -0.467 e. The SMILES string of the molecule is CC[C@H](NC(=O)OC(C)(C)C)C(=O)N[C@@H]1C(=O)N2[C@@H](CC[C@@H]1CO)CC[C@H]2C(=O)OC. The van der Waals surface area contributed by atoms with E-state index in [4.69, 9.17) is 9.47 Å². The average Bonchev–Trinajstić information content (AvgIpc) is 3.07. The summed E-state index contributed by atoms with van der Waals surface area (Å²) in [5.74, 6) is -1.92. The van der Waals surface area contributed by atoms with Crippen molar-refractivity contribution in [3.8, 4) is 0 Å². The van der Waals surface area contributed by atoms with E-state index in [9.17, 15) is 24.3 Å². The van der Waals surface area contributed by atoms with Crippen molar-refractivity contribution in [1.82, 2.24) is 15.5 Å². The second-order valence-electron chi connectivity index (χ2n) is 9.13. The van der Waals surface area contributed by atoms with Crippen molar-refractivity contribution in [3.05, 3.63) is 0 Å². The van der Waals surface area contributed by atoms with Gasteiger partial charge in [0.2, 0.25) is 11.8 Å². The van der Waals surface area contributed by atoms with Gasteiger partial charge in [-0.3, -0.25) is 9.59 Å². The maximum Gasteiger partial charge on any atom is 0.408 e. The molecule has 3 N–H and O–H groups in total. The van der Waals surface area contributed by atoms with Crippen LogP contribution in [0, 0.1) is 5.92 Å². The lowest BCUT2D eigenvalue weighted by Gasteiger charge is -2.32. The van der Waals surface area contributed by atoms with E-state index in [0.717, 1.165) is 0 Å². The molecule has 0 unspecified atom stereocenters. The van der Waals surface area contributed by atoms with E-state index in [1.165, 1.54) is 12.0 Å². The molecule has 0 aromatic rings. The van der Waals surface area contributed by atoms with Crippen molar-refractivity contribution >= 4 is 23.9 Å². The summed E-state index contributed by atoms with van der Waals surface area (Å²) >= 11 is 0. The van der Waals surface area contributed by atoms with Gasteiger partial charge in [0.05, 0.1) is 7.11 Å². The number of fused-ring (bicyclic) bond motifs is 1. The van der Waals surface area contributed by atoms with E-state index in [-0.39, 0.29) is 19.1 Å². The molecule has 2 aliphatic rings. The fourth-order valence-corrected chi connectivity index (χ4v) is 4.24. The summed E-state index contributed by atoms with van der Waals surface area (Å²) in [6.45, 7) is 6.59. The Morgan fingerprint density at radius 3 is 2.39 bits per heavy atom. The quantitative estimate of drug-likeness (QED) is 0.517. The van der Waals surface area contributed by atoms with Crippen LogP contribution in [-0.4, -0.2) is 77.4 Å². The molecule has 0 saturated carbocycles. The molecule has 0 bridgehead atoms. The predicted molar refractivity (Wildman–Crippen MR) is 111 cm³/mol. The number of aliphatic hydroxyl groups excluding tert-OH is 1. The smallest absolute Gasteiger partial charge is 0.408 e. The Balaban J connectivity index is 2.17. The van der Waals surface area contributed by atoms with Gasteiger partial charge in [-0.25, -0.2) is 9.59 Å². The van der Waals surface area contributed by atoms with Gasteiger partial charge in [-0.05, 0) is 52.9 Å². The highest BCUT2D eigenvalue weighted by molar-refractivity contribution is 5.94. The number of carbonyl (C=O) groups excluding carboxylic acids is 4. The molecular weight excluding hydrogens is 406 g/mol. The predicted octanol–water partition coefficient (Wildman–Crippen LogP) is 0.709. The van der Waals surface area contributed by atoms with Crippen molar-refractivity contribution in [1.29, 1.82) is 0 Å². The first-order valence-electron chi connectivity index (χ1n) is 10.8. The number of nitrogens with one attached hydrogen (secondary N) is 2. The number of amides is 3. The molecule has 2 saturated heterocycles. The van der Waals surface area contributed by atoms with E-state index < -0.39 is 53.5 Å². The Hall–Kier alpha value is -2.36. The number of hydrogen-bond donors (Lipinski definition) is 3. The van der Waals surface area contributed by atoms with Crippen LogP contribution in [0.1, 0.15) is 59.8 Å². The molecule has 2 heterocycles. The summed E-state index contributed by atoms with van der Waals surface area (Å²) < 4.78 is 10.1. The average molecular weight is 442 g/mol. The Morgan fingerprint density at radius 1 is 1.19 bits per heavy atom. The van der Waals surface area contributed by atoms with Crippen LogP contribution in [0.5, 0.6) is 0 Å². The van der Waals surface area contributed by atoms with Crippen molar-refractivity contribution in [2.45, 2.75) is 89.6 Å². The van der Waals surface area contributed by atoms with Crippen molar-refractivity contribution in [3.63, 3.8) is 0 Å². The maximum atomic E-state index is 13.4. The summed E-state index contributed by atoms with van der Waals surface area (Å²) in [6.07, 6.45) is 1.88. The molecule has 0 aromatic heterocycles. The number of rotatable bonds is 6. The third-order valence-electron chi connectivity index (χ3n) is 5.79. The lowest BCUT2D eigenvalue weighted by Crippen LogP contribution is -2.58. The molecule has 0 radical (unpaired) electrons. The van der Waals surface area contributed by atoms with Gasteiger partial charge in [0.1, 0.15) is 23.7 Å². The second-order valence-corrected chi connectivity index (χ2v) is 9.13. The number of aliphatic hydroxyl groups is 1. The number of alkyl carbamates (subject to hydrolysis) is 1. The summed E-state index contributed by atoms with van der Waals surface area (Å²) in [5.41, 5.74) is -0.717. The van der Waals surface area contributed by atoms with Crippen LogP contribution in [0.15, 0.2) is 0 Å². The Labute approximate surface area is 183 Å². The first kappa shape index (κ1) is 24.9. The summed E-state index contributed by atoms with van der Waals surface area (Å²) in [6, 6.07) is -2.73. The topological polar surface area (TPSA) is 134 Å². The van der Waals surface area contributed by atoms with Gasteiger partial charge in [-0.2, -0.15) is 0 Å². The van der Waals surface area contributed by atoms with Crippen LogP contribution >= 0.6 is 0 Å². The molecule has 5 atom stereocenters. The van der Waals surface area contributed by atoms with E-state index in [0.29, 0.717) is 25.7 Å². The Morgan fingerprint density at radius 2 is 1.84 bits per heavy atom. The van der Waals surface area contributed by atoms with E-state index in [1.54, 1.807) is 27.7 Å². The van der Waals surface area contributed by atoms with Crippen LogP contribution < -0.4 is 10.6 Å². The lowest BCUT2D eigenvalue weighted by atomic mass is 9.94. The fraction of sp³-hybridized carbons (Fsp3) is 0.810. The van der Waals surface area contributed by atoms with Crippen molar-refractivity contribution in [2.75, 3.05) is 13.7 Å². The zero-order valence-electron chi connectivity index (χ0n) is 19.0. The third kappa shape index (κ3) is 6.09. The van der Waals surface area contributed by atoms with Gasteiger partial charge in [-0.15, -0.1) is 0 Å². The molecule has 3 amide bonds. The minimum atomic E-state index is -0.998.